The molecule has 48 heavy (non-hydrogen) atoms. The molecule has 6 heterocycles. The van der Waals surface area contributed by atoms with Crippen LogP contribution in [0.5, 0.6) is 0 Å². The van der Waals surface area contributed by atoms with Gasteiger partial charge >= 0.3 is 23.7 Å². The van der Waals surface area contributed by atoms with Gasteiger partial charge in [0, 0.05) is 51.6 Å². The Kier molecular flexibility index (Phi) is 8.36. The van der Waals surface area contributed by atoms with Gasteiger partial charge in [0.2, 0.25) is 0 Å². The molecule has 3 aliphatic rings. The van der Waals surface area contributed by atoms with Crippen LogP contribution in [0.2, 0.25) is 0 Å². The average molecular weight is 653 g/mol. The van der Waals surface area contributed by atoms with Crippen LogP contribution in [0.15, 0.2) is 24.8 Å². The van der Waals surface area contributed by atoms with Gasteiger partial charge in [0.15, 0.2) is 0 Å². The highest BCUT2D eigenvalue weighted by atomic mass is 16.7. The number of methoxy groups -OCH3 is 1. The Morgan fingerprint density at radius 1 is 1.06 bits per heavy atom. The number of hydrogen-bond donors (Lipinski definition) is 3. The van der Waals surface area contributed by atoms with Crippen molar-refractivity contribution in [1.29, 1.82) is 0 Å². The molecule has 3 aromatic rings. The van der Waals surface area contributed by atoms with Crippen LogP contribution in [0.25, 0.3) is 39.3 Å². The van der Waals surface area contributed by atoms with Crippen molar-refractivity contribution >= 4 is 57.2 Å². The second kappa shape index (κ2) is 12.2. The second-order valence-electron chi connectivity index (χ2n) is 12.4. The van der Waals surface area contributed by atoms with Gasteiger partial charge in [-0.05, 0) is 81.0 Å². The number of aliphatic hydroxyl groups is 1. The van der Waals surface area contributed by atoms with Gasteiger partial charge in [0.05, 0.1) is 41.9 Å². The fraction of sp³-hybridized carbons (Fsp3) is 0.378. The van der Waals surface area contributed by atoms with E-state index in [1.165, 1.54) is 0 Å². The molecule has 3 N–H and O–H groups in total. The van der Waals surface area contributed by atoms with Crippen LogP contribution in [0.3, 0.4) is 0 Å². The van der Waals surface area contributed by atoms with E-state index in [1.807, 2.05) is 32.1 Å². The lowest BCUT2D eigenvalue weighted by Crippen LogP contribution is -2.46. The zero-order chi connectivity index (χ0) is 34.7. The Balaban J connectivity index is 1.82. The molecular weight excluding hydrogens is 612 g/mol. The SMILES string of the molecule is C=Cc1c(C)c2cc3nc(c4c5nc(cc6[nH]c(cc1[nH]2)c(C)c6CC)C(C)=C5C(=O)O[C@@]4(O)C(=O)OC)[C@@H](CCC(=O)OCC)[C@@H]3C. The first kappa shape index (κ1) is 32.9. The van der Waals surface area contributed by atoms with Gasteiger partial charge in [0.25, 0.3) is 0 Å². The quantitative estimate of drug-likeness (QED) is 0.201. The Labute approximate surface area is 278 Å². The number of cyclic esters (lactones) is 1. The zero-order valence-electron chi connectivity index (χ0n) is 28.3. The van der Waals surface area contributed by atoms with Crippen molar-refractivity contribution in [3.63, 3.8) is 0 Å². The summed E-state index contributed by atoms with van der Waals surface area (Å²) in [6.07, 6.45) is 2.89. The molecule has 0 saturated carbocycles. The molecule has 0 fully saturated rings. The average Bonchev–Trinajstić information content (AvgIpc) is 3.72. The lowest BCUT2D eigenvalue weighted by molar-refractivity contribution is -0.228. The number of fused-ring (bicyclic) bond motifs is 8. The van der Waals surface area contributed by atoms with Crippen LogP contribution in [0.1, 0.15) is 103 Å². The van der Waals surface area contributed by atoms with Gasteiger partial charge in [0.1, 0.15) is 0 Å². The fourth-order valence-corrected chi connectivity index (χ4v) is 7.18. The van der Waals surface area contributed by atoms with E-state index in [4.69, 9.17) is 24.2 Å². The molecule has 0 aromatic carbocycles. The van der Waals surface area contributed by atoms with Crippen LogP contribution in [-0.2, 0) is 40.8 Å². The Morgan fingerprint density at radius 2 is 1.77 bits per heavy atom. The summed E-state index contributed by atoms with van der Waals surface area (Å²) in [4.78, 5) is 56.5. The van der Waals surface area contributed by atoms with Crippen molar-refractivity contribution in [3.8, 4) is 0 Å². The third-order valence-corrected chi connectivity index (χ3v) is 9.84. The largest absolute Gasteiger partial charge is 0.466 e. The van der Waals surface area contributed by atoms with Crippen LogP contribution < -0.4 is 0 Å². The molecule has 3 aromatic heterocycles. The lowest BCUT2D eigenvalue weighted by atomic mass is 9.82. The molecule has 0 spiro atoms. The van der Waals surface area contributed by atoms with E-state index in [2.05, 4.69) is 36.5 Å². The summed E-state index contributed by atoms with van der Waals surface area (Å²) in [6, 6.07) is 5.86. The maximum atomic E-state index is 13.6. The molecule has 0 radical (unpaired) electrons. The number of nitrogens with zero attached hydrogens (tertiary/aromatic N) is 2. The van der Waals surface area contributed by atoms with E-state index < -0.39 is 23.6 Å². The highest BCUT2D eigenvalue weighted by Crippen LogP contribution is 2.49. The summed E-state index contributed by atoms with van der Waals surface area (Å²) in [7, 11) is 1.10. The normalized spacial score (nSPS) is 20.0. The van der Waals surface area contributed by atoms with Gasteiger partial charge in [-0.2, -0.15) is 0 Å². The number of ether oxygens (including phenoxy) is 3. The summed E-state index contributed by atoms with van der Waals surface area (Å²) >= 11 is 0. The minimum Gasteiger partial charge on any atom is -0.466 e. The summed E-state index contributed by atoms with van der Waals surface area (Å²) in [6.45, 7) is 15.9. The highest BCUT2D eigenvalue weighted by Gasteiger charge is 2.55. The van der Waals surface area contributed by atoms with Crippen LogP contribution in [0, 0.1) is 13.8 Å². The van der Waals surface area contributed by atoms with Gasteiger partial charge in [-0.25, -0.2) is 14.6 Å². The van der Waals surface area contributed by atoms with E-state index in [-0.39, 0.29) is 53.9 Å². The van der Waals surface area contributed by atoms with Crippen molar-refractivity contribution in [3.05, 3.63) is 75.4 Å². The van der Waals surface area contributed by atoms with Crippen molar-refractivity contribution < 1.29 is 33.7 Å². The molecule has 11 nitrogen and oxygen atoms in total. The number of carbonyl (C=O) groups excluding carboxylic acids is 3. The summed E-state index contributed by atoms with van der Waals surface area (Å²) in [5.74, 6) is -6.10. The molecule has 8 bridgehead atoms. The zero-order valence-corrected chi connectivity index (χ0v) is 28.3. The van der Waals surface area contributed by atoms with Crippen LogP contribution >= 0.6 is 0 Å². The fourth-order valence-electron chi connectivity index (χ4n) is 7.18. The van der Waals surface area contributed by atoms with Crippen molar-refractivity contribution in [1.82, 2.24) is 19.9 Å². The van der Waals surface area contributed by atoms with Gasteiger partial charge < -0.3 is 29.3 Å². The Hall–Kier alpha value is -5.03. The smallest absolute Gasteiger partial charge is 0.384 e. The van der Waals surface area contributed by atoms with E-state index >= 15 is 0 Å². The van der Waals surface area contributed by atoms with E-state index in [0.29, 0.717) is 17.0 Å². The monoisotopic (exact) mass is 652 g/mol. The first-order valence-electron chi connectivity index (χ1n) is 16.2. The third-order valence-electron chi connectivity index (χ3n) is 9.84. The van der Waals surface area contributed by atoms with Crippen molar-refractivity contribution in [2.75, 3.05) is 13.7 Å². The summed E-state index contributed by atoms with van der Waals surface area (Å²) in [5.41, 5.74) is 9.47. The molecule has 3 aliphatic heterocycles. The number of carbonyl (C=O) groups is 3. The summed E-state index contributed by atoms with van der Waals surface area (Å²) < 4.78 is 15.8. The number of aromatic nitrogens is 4. The topological polar surface area (TPSA) is 156 Å². The van der Waals surface area contributed by atoms with Crippen LogP contribution in [-0.4, -0.2) is 56.7 Å². The van der Waals surface area contributed by atoms with Crippen molar-refractivity contribution in [2.45, 2.75) is 78.4 Å². The molecular formula is C37H40N4O7. The van der Waals surface area contributed by atoms with Crippen molar-refractivity contribution in [2.24, 2.45) is 0 Å². The number of H-pyrrole nitrogens is 2. The molecule has 0 aliphatic carbocycles. The van der Waals surface area contributed by atoms with E-state index in [0.717, 1.165) is 57.9 Å². The first-order valence-corrected chi connectivity index (χ1v) is 16.2. The third kappa shape index (κ3) is 5.04. The Morgan fingerprint density at radius 3 is 2.44 bits per heavy atom. The van der Waals surface area contributed by atoms with E-state index in [1.54, 1.807) is 13.8 Å². The number of esters is 3. The molecule has 6 rings (SSSR count). The molecule has 0 saturated heterocycles. The maximum absolute atomic E-state index is 13.6. The number of aromatic amines is 2. The predicted octanol–water partition coefficient (Wildman–Crippen LogP) is 6.17. The number of allylic oxidation sites excluding steroid dienone is 1. The predicted molar refractivity (Wildman–Crippen MR) is 181 cm³/mol. The first-order chi connectivity index (χ1) is 22.9. The number of hydrogen-bond acceptors (Lipinski definition) is 9. The number of rotatable bonds is 7. The van der Waals surface area contributed by atoms with E-state index in [9.17, 15) is 19.5 Å². The highest BCUT2D eigenvalue weighted by molar-refractivity contribution is 6.27. The summed E-state index contributed by atoms with van der Waals surface area (Å²) in [5, 5.41) is 12.0. The molecule has 3 atom stereocenters. The minimum atomic E-state index is -2.84. The minimum absolute atomic E-state index is 0.0630. The molecule has 250 valence electrons. The second-order valence-corrected chi connectivity index (χ2v) is 12.4. The number of aryl methyl sites for hydroxylation is 3. The molecule has 0 unspecified atom stereocenters. The molecule has 0 amide bonds. The van der Waals surface area contributed by atoms with Gasteiger partial charge in [-0.3, -0.25) is 9.78 Å². The Bertz CT molecular complexity index is 2100. The van der Waals surface area contributed by atoms with Gasteiger partial charge in [-0.1, -0.05) is 26.5 Å². The van der Waals surface area contributed by atoms with Gasteiger partial charge in [-0.15, -0.1) is 0 Å². The number of nitrogens with one attached hydrogen (secondary N) is 2. The van der Waals surface area contributed by atoms with Crippen LogP contribution in [0.4, 0.5) is 0 Å². The standard InChI is InChI=1S/C37H40N4O7/c1-9-21-17(4)24-14-26-19(6)23(12-13-30(42)47-11-3)33(40-26)32-34-31(35(43)48-37(32,45)36(44)46-8)20(7)27(41-34)16-29-22(10-2)18(5)25(39-29)15-28(21)38-24/h9,14-16,19,23,38-39,45H,1,10-13H2,2-8H3/t19-,23-,37+/m0/s1. The molecule has 11 heteroatoms. The maximum Gasteiger partial charge on any atom is 0.384 e. The lowest BCUT2D eigenvalue weighted by Gasteiger charge is -2.32.